The van der Waals surface area contributed by atoms with Gasteiger partial charge in [-0.15, -0.1) is 11.3 Å². The minimum absolute atomic E-state index is 0.0200. The average Bonchev–Trinajstić information content (AvgIpc) is 2.97. The topological polar surface area (TPSA) is 68.1 Å². The number of rotatable bonds is 4. The molecule has 0 fully saturated rings. The normalized spacial score (nSPS) is 13.3. The van der Waals surface area contributed by atoms with Crippen LogP contribution in [0.2, 0.25) is 0 Å². The zero-order valence-corrected chi connectivity index (χ0v) is 11.1. The van der Waals surface area contributed by atoms with Crippen LogP contribution in [-0.2, 0) is 19.4 Å². The first-order chi connectivity index (χ1) is 9.24. The summed E-state index contributed by atoms with van der Waals surface area (Å²) in [6, 6.07) is 5.24. The van der Waals surface area contributed by atoms with Gasteiger partial charge in [0.1, 0.15) is 0 Å². The summed E-state index contributed by atoms with van der Waals surface area (Å²) in [5, 5.41) is 13.9. The van der Waals surface area contributed by atoms with E-state index in [1.165, 1.54) is 34.2 Å². The Morgan fingerprint density at radius 2 is 2.37 bits per heavy atom. The van der Waals surface area contributed by atoms with Crippen LogP contribution in [0.4, 0.5) is 11.5 Å². The number of nitro groups is 1. The Kier molecular flexibility index (Phi) is 3.16. The summed E-state index contributed by atoms with van der Waals surface area (Å²) < 4.78 is 0. The molecule has 0 atom stereocenters. The highest BCUT2D eigenvalue weighted by molar-refractivity contribution is 7.12. The molecule has 0 aromatic carbocycles. The molecule has 5 nitrogen and oxygen atoms in total. The van der Waals surface area contributed by atoms with E-state index in [0.29, 0.717) is 12.4 Å². The zero-order chi connectivity index (χ0) is 13.2. The quantitative estimate of drug-likeness (QED) is 0.687. The molecule has 19 heavy (non-hydrogen) atoms. The molecular weight excluding hydrogens is 262 g/mol. The predicted molar refractivity (Wildman–Crippen MR) is 74.6 cm³/mol. The molecule has 3 rings (SSSR count). The first kappa shape index (κ1) is 12.1. The number of nitrogens with zero attached hydrogens (tertiary/aromatic N) is 2. The molecule has 0 unspecified atom stereocenters. The number of hydrogen-bond donors (Lipinski definition) is 1. The second-order valence-electron chi connectivity index (χ2n) is 4.50. The van der Waals surface area contributed by atoms with Gasteiger partial charge in [-0.2, -0.15) is 0 Å². The molecule has 0 bridgehead atoms. The highest BCUT2D eigenvalue weighted by Gasteiger charge is 2.16. The van der Waals surface area contributed by atoms with Gasteiger partial charge < -0.3 is 5.32 Å². The SMILES string of the molecule is O=[N+]([O-])c1cccnc1NCc1cc2c(s1)CCC2. The average molecular weight is 275 g/mol. The van der Waals surface area contributed by atoms with E-state index in [2.05, 4.69) is 16.4 Å². The van der Waals surface area contributed by atoms with Crippen molar-refractivity contribution in [2.75, 3.05) is 5.32 Å². The Hall–Kier alpha value is -1.95. The maximum absolute atomic E-state index is 10.9. The van der Waals surface area contributed by atoms with Crippen molar-refractivity contribution in [2.24, 2.45) is 0 Å². The third-order valence-corrected chi connectivity index (χ3v) is 4.45. The van der Waals surface area contributed by atoms with Gasteiger partial charge in [0.2, 0.25) is 5.82 Å². The number of thiophene rings is 1. The summed E-state index contributed by atoms with van der Waals surface area (Å²) in [4.78, 5) is 17.2. The van der Waals surface area contributed by atoms with E-state index in [0.717, 1.165) is 6.42 Å². The van der Waals surface area contributed by atoms with E-state index in [9.17, 15) is 10.1 Å². The molecule has 0 saturated heterocycles. The lowest BCUT2D eigenvalue weighted by atomic mass is 10.2. The summed E-state index contributed by atoms with van der Waals surface area (Å²) >= 11 is 1.80. The molecule has 0 radical (unpaired) electrons. The van der Waals surface area contributed by atoms with Crippen molar-refractivity contribution in [2.45, 2.75) is 25.8 Å². The Balaban J connectivity index is 1.73. The molecule has 2 aromatic rings. The van der Waals surface area contributed by atoms with E-state index < -0.39 is 4.92 Å². The molecule has 1 aliphatic carbocycles. The van der Waals surface area contributed by atoms with Crippen LogP contribution >= 0.6 is 11.3 Å². The van der Waals surface area contributed by atoms with Gasteiger partial charge in [0.15, 0.2) is 0 Å². The fourth-order valence-corrected chi connectivity index (χ4v) is 3.53. The monoisotopic (exact) mass is 275 g/mol. The van der Waals surface area contributed by atoms with Crippen molar-refractivity contribution >= 4 is 22.8 Å². The lowest BCUT2D eigenvalue weighted by molar-refractivity contribution is -0.384. The van der Waals surface area contributed by atoms with Crippen molar-refractivity contribution in [1.29, 1.82) is 0 Å². The van der Waals surface area contributed by atoms with E-state index in [1.807, 2.05) is 0 Å². The van der Waals surface area contributed by atoms with Crippen LogP contribution < -0.4 is 5.32 Å². The van der Waals surface area contributed by atoms with E-state index in [-0.39, 0.29) is 5.69 Å². The molecule has 0 spiro atoms. The highest BCUT2D eigenvalue weighted by atomic mass is 32.1. The maximum Gasteiger partial charge on any atom is 0.311 e. The van der Waals surface area contributed by atoms with E-state index in [4.69, 9.17) is 0 Å². The lowest BCUT2D eigenvalue weighted by Crippen LogP contribution is -2.03. The summed E-state index contributed by atoms with van der Waals surface area (Å²) in [5.74, 6) is 0.334. The van der Waals surface area contributed by atoms with Crippen LogP contribution in [0.25, 0.3) is 0 Å². The van der Waals surface area contributed by atoms with Crippen LogP contribution in [0.15, 0.2) is 24.4 Å². The van der Waals surface area contributed by atoms with Crippen molar-refractivity contribution in [1.82, 2.24) is 4.98 Å². The second-order valence-corrected chi connectivity index (χ2v) is 5.72. The molecule has 1 aliphatic rings. The fourth-order valence-electron chi connectivity index (χ4n) is 2.33. The second kappa shape index (κ2) is 4.97. The van der Waals surface area contributed by atoms with E-state index in [1.54, 1.807) is 23.6 Å². The number of pyridine rings is 1. The standard InChI is InChI=1S/C13H13N3O2S/c17-16(18)11-4-2-6-14-13(11)15-8-10-7-9-3-1-5-12(9)19-10/h2,4,6-7H,1,3,5,8H2,(H,14,15). The Labute approximate surface area is 114 Å². The molecule has 2 heterocycles. The van der Waals surface area contributed by atoms with E-state index >= 15 is 0 Å². The van der Waals surface area contributed by atoms with Gasteiger partial charge in [-0.25, -0.2) is 4.98 Å². The number of anilines is 1. The Morgan fingerprint density at radius 3 is 3.16 bits per heavy atom. The largest absolute Gasteiger partial charge is 0.359 e. The first-order valence-electron chi connectivity index (χ1n) is 6.18. The van der Waals surface area contributed by atoms with Gasteiger partial charge in [0, 0.05) is 22.0 Å². The van der Waals surface area contributed by atoms with Crippen molar-refractivity contribution in [3.8, 4) is 0 Å². The number of hydrogen-bond acceptors (Lipinski definition) is 5. The minimum atomic E-state index is -0.413. The molecule has 6 heteroatoms. The number of aryl methyl sites for hydroxylation is 2. The summed E-state index contributed by atoms with van der Waals surface area (Å²) in [5.41, 5.74) is 1.46. The van der Waals surface area contributed by atoms with Crippen LogP contribution in [0.5, 0.6) is 0 Å². The molecule has 2 aromatic heterocycles. The van der Waals surface area contributed by atoms with Gasteiger partial charge >= 0.3 is 5.69 Å². The molecular formula is C13H13N3O2S. The fraction of sp³-hybridized carbons (Fsp3) is 0.308. The Morgan fingerprint density at radius 1 is 1.47 bits per heavy atom. The number of nitrogens with one attached hydrogen (secondary N) is 1. The van der Waals surface area contributed by atoms with Gasteiger partial charge in [-0.3, -0.25) is 10.1 Å². The van der Waals surface area contributed by atoms with Crippen LogP contribution in [0.3, 0.4) is 0 Å². The first-order valence-corrected chi connectivity index (χ1v) is 6.99. The summed E-state index contributed by atoms with van der Waals surface area (Å²) in [6.07, 6.45) is 5.14. The lowest BCUT2D eigenvalue weighted by Gasteiger charge is -2.04. The van der Waals surface area contributed by atoms with Crippen LogP contribution in [0.1, 0.15) is 21.7 Å². The van der Waals surface area contributed by atoms with Crippen LogP contribution in [-0.4, -0.2) is 9.91 Å². The van der Waals surface area contributed by atoms with Crippen LogP contribution in [0, 0.1) is 10.1 Å². The Bertz CT molecular complexity index is 603. The van der Waals surface area contributed by atoms with Crippen molar-refractivity contribution < 1.29 is 4.92 Å². The van der Waals surface area contributed by atoms with Gasteiger partial charge in [-0.05, 0) is 37.0 Å². The predicted octanol–water partition coefficient (Wildman–Crippen LogP) is 3.15. The smallest absolute Gasteiger partial charge is 0.311 e. The third kappa shape index (κ3) is 2.44. The van der Waals surface area contributed by atoms with Gasteiger partial charge in [0.25, 0.3) is 0 Å². The molecule has 0 saturated carbocycles. The van der Waals surface area contributed by atoms with Gasteiger partial charge in [-0.1, -0.05) is 0 Å². The van der Waals surface area contributed by atoms with Gasteiger partial charge in [0.05, 0.1) is 11.5 Å². The number of aromatic nitrogens is 1. The third-order valence-electron chi connectivity index (χ3n) is 3.21. The van der Waals surface area contributed by atoms with Crippen molar-refractivity contribution in [3.63, 3.8) is 0 Å². The maximum atomic E-state index is 10.9. The molecule has 1 N–H and O–H groups in total. The number of fused-ring (bicyclic) bond motifs is 1. The zero-order valence-electron chi connectivity index (χ0n) is 10.3. The highest BCUT2D eigenvalue weighted by Crippen LogP contribution is 2.31. The molecule has 0 aliphatic heterocycles. The molecule has 0 amide bonds. The minimum Gasteiger partial charge on any atom is -0.359 e. The van der Waals surface area contributed by atoms with Crippen molar-refractivity contribution in [3.05, 3.63) is 49.8 Å². The summed E-state index contributed by atoms with van der Waals surface area (Å²) in [7, 11) is 0. The summed E-state index contributed by atoms with van der Waals surface area (Å²) in [6.45, 7) is 0.593. The molecule has 98 valence electrons.